The maximum Gasteiger partial charge on any atom is 0.244 e. The van der Waals surface area contributed by atoms with Crippen molar-refractivity contribution < 1.29 is 9.90 Å². The topological polar surface area (TPSA) is 49.3 Å². The number of hydrogen-bond acceptors (Lipinski definition) is 3. The number of hydrogen-bond donors (Lipinski definition) is 2. The Bertz CT molecular complexity index is 396. The molecule has 0 aliphatic rings. The predicted octanol–water partition coefficient (Wildman–Crippen LogP) is 2.20. The minimum Gasteiger partial charge on any atom is -0.394 e. The maximum absolute atomic E-state index is 11.6. The highest BCUT2D eigenvalue weighted by Crippen LogP contribution is 2.16. The van der Waals surface area contributed by atoms with Gasteiger partial charge in [0.2, 0.25) is 5.91 Å². The van der Waals surface area contributed by atoms with Crippen molar-refractivity contribution in [3.05, 3.63) is 28.0 Å². The van der Waals surface area contributed by atoms with E-state index in [0.717, 1.165) is 4.88 Å². The van der Waals surface area contributed by atoms with Crippen molar-refractivity contribution in [2.24, 2.45) is 5.92 Å². The average molecular weight is 253 g/mol. The normalized spacial score (nSPS) is 13.2. The van der Waals surface area contributed by atoms with E-state index in [-0.39, 0.29) is 24.5 Å². The molecule has 0 saturated heterocycles. The first-order valence-electron chi connectivity index (χ1n) is 5.68. The van der Waals surface area contributed by atoms with E-state index >= 15 is 0 Å². The quantitative estimate of drug-likeness (QED) is 0.790. The van der Waals surface area contributed by atoms with Gasteiger partial charge in [-0.15, -0.1) is 11.3 Å². The van der Waals surface area contributed by atoms with Crippen LogP contribution < -0.4 is 5.32 Å². The monoisotopic (exact) mass is 253 g/mol. The Kier molecular flexibility index (Phi) is 5.38. The molecule has 1 heterocycles. The number of nitrogens with one attached hydrogen (secondary N) is 1. The lowest BCUT2D eigenvalue weighted by Gasteiger charge is -2.18. The standard InChI is InChI=1S/C13H19NO2S/c1-9(2)12(8-15)14-13(16)7-6-11-5-4-10(3)17-11/h4-7,9,12,15H,8H2,1-3H3,(H,14,16)/b7-6+. The summed E-state index contributed by atoms with van der Waals surface area (Å²) in [4.78, 5) is 13.9. The highest BCUT2D eigenvalue weighted by atomic mass is 32.1. The van der Waals surface area contributed by atoms with E-state index in [0.29, 0.717) is 0 Å². The third-order valence-corrected chi connectivity index (χ3v) is 3.46. The molecule has 94 valence electrons. The summed E-state index contributed by atoms with van der Waals surface area (Å²) in [5.74, 6) is 0.0603. The Labute approximate surface area is 106 Å². The summed E-state index contributed by atoms with van der Waals surface area (Å²) >= 11 is 1.64. The molecule has 1 amide bonds. The summed E-state index contributed by atoms with van der Waals surface area (Å²) in [6.07, 6.45) is 3.30. The van der Waals surface area contributed by atoms with E-state index in [1.807, 2.05) is 32.9 Å². The molecule has 0 fully saturated rings. The molecule has 0 saturated carbocycles. The van der Waals surface area contributed by atoms with Crippen LogP contribution in [0.1, 0.15) is 23.6 Å². The molecule has 4 heteroatoms. The molecule has 3 nitrogen and oxygen atoms in total. The van der Waals surface area contributed by atoms with Crippen molar-refractivity contribution in [3.63, 3.8) is 0 Å². The maximum atomic E-state index is 11.6. The molecule has 1 aromatic rings. The van der Waals surface area contributed by atoms with E-state index in [1.165, 1.54) is 11.0 Å². The number of aryl methyl sites for hydroxylation is 1. The number of carbonyl (C=O) groups is 1. The summed E-state index contributed by atoms with van der Waals surface area (Å²) in [5.41, 5.74) is 0. The zero-order valence-electron chi connectivity index (χ0n) is 10.4. The van der Waals surface area contributed by atoms with E-state index in [2.05, 4.69) is 5.32 Å². The average Bonchev–Trinajstić information content (AvgIpc) is 2.68. The van der Waals surface area contributed by atoms with Crippen molar-refractivity contribution in [1.29, 1.82) is 0 Å². The number of thiophene rings is 1. The van der Waals surface area contributed by atoms with Crippen LogP contribution in [-0.2, 0) is 4.79 Å². The third-order valence-electron chi connectivity index (χ3n) is 2.49. The van der Waals surface area contributed by atoms with Gasteiger partial charge in [0.05, 0.1) is 12.6 Å². The lowest BCUT2D eigenvalue weighted by atomic mass is 10.1. The summed E-state index contributed by atoms with van der Waals surface area (Å²) < 4.78 is 0. The molecule has 1 rings (SSSR count). The number of aliphatic hydroxyl groups is 1. The van der Waals surface area contributed by atoms with Gasteiger partial charge < -0.3 is 10.4 Å². The number of carbonyl (C=O) groups excluding carboxylic acids is 1. The van der Waals surface area contributed by atoms with E-state index < -0.39 is 0 Å². The van der Waals surface area contributed by atoms with Gasteiger partial charge in [0.1, 0.15) is 0 Å². The van der Waals surface area contributed by atoms with Gasteiger partial charge in [-0.2, -0.15) is 0 Å². The molecule has 0 radical (unpaired) electrons. The zero-order chi connectivity index (χ0) is 12.8. The number of rotatable bonds is 5. The summed E-state index contributed by atoms with van der Waals surface area (Å²) in [6, 6.07) is 3.82. The van der Waals surface area contributed by atoms with Crippen LogP contribution in [0.15, 0.2) is 18.2 Å². The van der Waals surface area contributed by atoms with Gasteiger partial charge in [0, 0.05) is 15.8 Å². The second-order valence-electron chi connectivity index (χ2n) is 4.32. The lowest BCUT2D eigenvalue weighted by Crippen LogP contribution is -2.40. The first-order valence-corrected chi connectivity index (χ1v) is 6.50. The van der Waals surface area contributed by atoms with Crippen molar-refractivity contribution in [1.82, 2.24) is 5.32 Å². The summed E-state index contributed by atoms with van der Waals surface area (Å²) in [5, 5.41) is 11.9. The smallest absolute Gasteiger partial charge is 0.244 e. The molecular formula is C13H19NO2S. The lowest BCUT2D eigenvalue weighted by molar-refractivity contribution is -0.117. The third kappa shape index (κ3) is 4.71. The summed E-state index contributed by atoms with van der Waals surface area (Å²) in [6.45, 7) is 5.93. The highest BCUT2D eigenvalue weighted by Gasteiger charge is 2.13. The predicted molar refractivity (Wildman–Crippen MR) is 71.9 cm³/mol. The molecule has 1 unspecified atom stereocenters. The van der Waals surface area contributed by atoms with Gasteiger partial charge in [-0.1, -0.05) is 13.8 Å². The molecule has 2 N–H and O–H groups in total. The Hall–Kier alpha value is -1.13. The van der Waals surface area contributed by atoms with Crippen molar-refractivity contribution >= 4 is 23.3 Å². The SMILES string of the molecule is Cc1ccc(/C=C/C(=O)NC(CO)C(C)C)s1. The molecular weight excluding hydrogens is 234 g/mol. The fraction of sp³-hybridized carbons (Fsp3) is 0.462. The van der Waals surface area contributed by atoms with Gasteiger partial charge in [0.15, 0.2) is 0 Å². The van der Waals surface area contributed by atoms with Gasteiger partial charge in [-0.05, 0) is 31.1 Å². The Morgan fingerprint density at radius 3 is 2.71 bits per heavy atom. The molecule has 0 aliphatic heterocycles. The molecule has 0 bridgehead atoms. The first-order chi connectivity index (χ1) is 8.02. The minimum atomic E-state index is -0.183. The summed E-state index contributed by atoms with van der Waals surface area (Å²) in [7, 11) is 0. The molecule has 0 spiro atoms. The van der Waals surface area contributed by atoms with Crippen LogP contribution in [0.3, 0.4) is 0 Å². The van der Waals surface area contributed by atoms with Gasteiger partial charge in [-0.25, -0.2) is 0 Å². The van der Waals surface area contributed by atoms with Crippen LogP contribution in [0.5, 0.6) is 0 Å². The Morgan fingerprint density at radius 2 is 2.24 bits per heavy atom. The van der Waals surface area contributed by atoms with Gasteiger partial charge in [0.25, 0.3) is 0 Å². The fourth-order valence-corrected chi connectivity index (χ4v) is 2.13. The minimum absolute atomic E-state index is 0.0324. The molecule has 1 aromatic heterocycles. The van der Waals surface area contributed by atoms with Gasteiger partial charge >= 0.3 is 0 Å². The van der Waals surface area contributed by atoms with Crippen molar-refractivity contribution in [2.75, 3.05) is 6.61 Å². The van der Waals surface area contributed by atoms with E-state index in [9.17, 15) is 4.79 Å². The zero-order valence-corrected chi connectivity index (χ0v) is 11.3. The van der Waals surface area contributed by atoms with Crippen LogP contribution in [0.2, 0.25) is 0 Å². The van der Waals surface area contributed by atoms with Gasteiger partial charge in [-0.3, -0.25) is 4.79 Å². The van der Waals surface area contributed by atoms with Crippen molar-refractivity contribution in [2.45, 2.75) is 26.8 Å². The number of amides is 1. The Balaban J connectivity index is 2.52. The first kappa shape index (κ1) is 13.9. The van der Waals surface area contributed by atoms with Crippen LogP contribution in [0.4, 0.5) is 0 Å². The van der Waals surface area contributed by atoms with Crippen LogP contribution in [0.25, 0.3) is 6.08 Å². The number of aliphatic hydroxyl groups excluding tert-OH is 1. The van der Waals surface area contributed by atoms with Crippen molar-refractivity contribution in [3.8, 4) is 0 Å². The van der Waals surface area contributed by atoms with Crippen LogP contribution in [-0.4, -0.2) is 23.7 Å². The highest BCUT2D eigenvalue weighted by molar-refractivity contribution is 7.12. The van der Waals surface area contributed by atoms with E-state index in [1.54, 1.807) is 17.4 Å². The van der Waals surface area contributed by atoms with Crippen LogP contribution >= 0.6 is 11.3 Å². The second-order valence-corrected chi connectivity index (χ2v) is 5.64. The fourth-order valence-electron chi connectivity index (χ4n) is 1.35. The molecule has 17 heavy (non-hydrogen) atoms. The Morgan fingerprint density at radius 1 is 1.53 bits per heavy atom. The van der Waals surface area contributed by atoms with Crippen LogP contribution in [0, 0.1) is 12.8 Å². The van der Waals surface area contributed by atoms with E-state index in [4.69, 9.17) is 5.11 Å². The second kappa shape index (κ2) is 6.57. The molecule has 0 aromatic carbocycles. The largest absolute Gasteiger partial charge is 0.394 e. The molecule has 0 aliphatic carbocycles. The molecule has 1 atom stereocenters.